The zero-order chi connectivity index (χ0) is 6.69. The summed E-state index contributed by atoms with van der Waals surface area (Å²) < 4.78 is 4.75. The standard InChI is InChI=1S/C5H6N2OS/c1-8-5(9)4-2-6-3-7-4/h2-3H,1H3,(H,6,7). The van der Waals surface area contributed by atoms with E-state index in [1.54, 1.807) is 12.5 Å². The molecule has 0 unspecified atom stereocenters. The largest absolute Gasteiger partial charge is 0.485 e. The van der Waals surface area contributed by atoms with Crippen LogP contribution in [-0.4, -0.2) is 22.1 Å². The second-order valence-corrected chi connectivity index (χ2v) is 1.83. The highest BCUT2D eigenvalue weighted by atomic mass is 32.1. The van der Waals surface area contributed by atoms with E-state index in [4.69, 9.17) is 17.0 Å². The van der Waals surface area contributed by atoms with Gasteiger partial charge in [-0.05, 0) is 12.2 Å². The first-order valence-electron chi connectivity index (χ1n) is 2.41. The van der Waals surface area contributed by atoms with Crippen molar-refractivity contribution in [3.63, 3.8) is 0 Å². The van der Waals surface area contributed by atoms with Crippen LogP contribution in [0, 0.1) is 0 Å². The summed E-state index contributed by atoms with van der Waals surface area (Å²) in [5.74, 6) is 0. The molecule has 1 aromatic heterocycles. The van der Waals surface area contributed by atoms with Crippen molar-refractivity contribution in [3.05, 3.63) is 18.2 Å². The van der Waals surface area contributed by atoms with Crippen molar-refractivity contribution in [1.29, 1.82) is 0 Å². The number of rotatable bonds is 1. The Balaban J connectivity index is 2.77. The number of thiocarbonyl (C=S) groups is 1. The van der Waals surface area contributed by atoms with Gasteiger partial charge in [0, 0.05) is 0 Å². The van der Waals surface area contributed by atoms with Crippen LogP contribution in [0.1, 0.15) is 5.69 Å². The van der Waals surface area contributed by atoms with Gasteiger partial charge >= 0.3 is 0 Å². The fraction of sp³-hybridized carbons (Fsp3) is 0.200. The van der Waals surface area contributed by atoms with Gasteiger partial charge in [0.05, 0.1) is 19.6 Å². The van der Waals surface area contributed by atoms with Gasteiger partial charge in [-0.25, -0.2) is 4.98 Å². The summed E-state index contributed by atoms with van der Waals surface area (Å²) in [5.41, 5.74) is 0.743. The Morgan fingerprint density at radius 2 is 2.67 bits per heavy atom. The van der Waals surface area contributed by atoms with Crippen molar-refractivity contribution in [2.24, 2.45) is 0 Å². The van der Waals surface area contributed by atoms with Crippen LogP contribution in [0.15, 0.2) is 12.5 Å². The Hall–Kier alpha value is -0.900. The van der Waals surface area contributed by atoms with Crippen LogP contribution < -0.4 is 0 Å². The first-order chi connectivity index (χ1) is 4.34. The van der Waals surface area contributed by atoms with Crippen LogP contribution in [0.5, 0.6) is 0 Å². The molecule has 1 aromatic rings. The minimum atomic E-state index is 0.438. The van der Waals surface area contributed by atoms with E-state index in [-0.39, 0.29) is 0 Å². The van der Waals surface area contributed by atoms with Crippen LogP contribution in [0.3, 0.4) is 0 Å². The van der Waals surface area contributed by atoms with Crippen LogP contribution in [0.4, 0.5) is 0 Å². The number of hydrogen-bond acceptors (Lipinski definition) is 3. The van der Waals surface area contributed by atoms with Crippen molar-refractivity contribution in [2.45, 2.75) is 0 Å². The summed E-state index contributed by atoms with van der Waals surface area (Å²) in [6, 6.07) is 0. The molecule has 0 atom stereocenters. The average Bonchev–Trinajstić information content (AvgIpc) is 2.37. The highest BCUT2D eigenvalue weighted by Gasteiger charge is 1.98. The molecule has 0 radical (unpaired) electrons. The highest BCUT2D eigenvalue weighted by Crippen LogP contribution is 1.93. The van der Waals surface area contributed by atoms with Crippen molar-refractivity contribution in [3.8, 4) is 0 Å². The molecule has 1 rings (SSSR count). The maximum absolute atomic E-state index is 4.78. The van der Waals surface area contributed by atoms with Gasteiger partial charge in [-0.1, -0.05) is 0 Å². The fourth-order valence-electron chi connectivity index (χ4n) is 0.477. The summed E-state index contributed by atoms with van der Waals surface area (Å²) >= 11 is 4.78. The smallest absolute Gasteiger partial charge is 0.209 e. The highest BCUT2D eigenvalue weighted by molar-refractivity contribution is 7.80. The van der Waals surface area contributed by atoms with E-state index in [2.05, 4.69) is 9.97 Å². The molecule has 0 aromatic carbocycles. The third-order valence-electron chi connectivity index (χ3n) is 0.904. The topological polar surface area (TPSA) is 37.9 Å². The van der Waals surface area contributed by atoms with Gasteiger partial charge in [0.1, 0.15) is 5.69 Å². The van der Waals surface area contributed by atoms with Gasteiger partial charge in [0.15, 0.2) is 0 Å². The molecular formula is C5H6N2OS. The number of nitrogens with one attached hydrogen (secondary N) is 1. The van der Waals surface area contributed by atoms with Gasteiger partial charge < -0.3 is 9.72 Å². The second kappa shape index (κ2) is 2.59. The van der Waals surface area contributed by atoms with Crippen molar-refractivity contribution < 1.29 is 4.74 Å². The molecule has 0 aliphatic carbocycles. The molecule has 0 fully saturated rings. The molecule has 48 valence electrons. The first kappa shape index (κ1) is 6.22. The Labute approximate surface area is 58.1 Å². The van der Waals surface area contributed by atoms with Crippen LogP contribution in [-0.2, 0) is 4.74 Å². The number of ether oxygens (including phenoxy) is 1. The normalized spacial score (nSPS) is 9.00. The van der Waals surface area contributed by atoms with E-state index in [1.807, 2.05) is 0 Å². The van der Waals surface area contributed by atoms with E-state index in [0.29, 0.717) is 5.05 Å². The van der Waals surface area contributed by atoms with Crippen LogP contribution in [0.25, 0.3) is 0 Å². The molecule has 0 spiro atoms. The number of methoxy groups -OCH3 is 1. The van der Waals surface area contributed by atoms with E-state index in [0.717, 1.165) is 5.69 Å². The number of nitrogens with zero attached hydrogens (tertiary/aromatic N) is 1. The lowest BCUT2D eigenvalue weighted by Crippen LogP contribution is -1.98. The van der Waals surface area contributed by atoms with E-state index < -0.39 is 0 Å². The molecule has 0 bridgehead atoms. The monoisotopic (exact) mass is 142 g/mol. The Bertz CT molecular complexity index is 195. The molecule has 0 saturated heterocycles. The lowest BCUT2D eigenvalue weighted by molar-refractivity contribution is 0.414. The Morgan fingerprint density at radius 3 is 3.11 bits per heavy atom. The fourth-order valence-corrected chi connectivity index (χ4v) is 0.589. The third kappa shape index (κ3) is 1.26. The molecular weight excluding hydrogens is 136 g/mol. The summed E-state index contributed by atoms with van der Waals surface area (Å²) in [4.78, 5) is 6.58. The maximum Gasteiger partial charge on any atom is 0.209 e. The zero-order valence-electron chi connectivity index (χ0n) is 4.92. The number of H-pyrrole nitrogens is 1. The summed E-state index contributed by atoms with van der Waals surface area (Å²) in [6.45, 7) is 0. The molecule has 4 heteroatoms. The summed E-state index contributed by atoms with van der Waals surface area (Å²) in [5, 5.41) is 0.438. The van der Waals surface area contributed by atoms with Gasteiger partial charge in [0.25, 0.3) is 0 Å². The molecule has 0 aliphatic rings. The van der Waals surface area contributed by atoms with Gasteiger partial charge in [0.2, 0.25) is 5.05 Å². The van der Waals surface area contributed by atoms with Gasteiger partial charge in [-0.3, -0.25) is 0 Å². The summed E-state index contributed by atoms with van der Waals surface area (Å²) in [7, 11) is 1.53. The quantitative estimate of drug-likeness (QED) is 0.587. The maximum atomic E-state index is 4.78. The predicted molar refractivity (Wildman–Crippen MR) is 37.3 cm³/mol. The molecule has 0 amide bonds. The second-order valence-electron chi connectivity index (χ2n) is 1.46. The van der Waals surface area contributed by atoms with E-state index >= 15 is 0 Å². The first-order valence-corrected chi connectivity index (χ1v) is 2.82. The lowest BCUT2D eigenvalue weighted by atomic mass is 10.5. The predicted octanol–water partition coefficient (Wildman–Crippen LogP) is 0.732. The number of aromatic amines is 1. The van der Waals surface area contributed by atoms with Crippen molar-refractivity contribution in [1.82, 2.24) is 9.97 Å². The number of imidazole rings is 1. The minimum Gasteiger partial charge on any atom is -0.485 e. The van der Waals surface area contributed by atoms with E-state index in [9.17, 15) is 0 Å². The zero-order valence-corrected chi connectivity index (χ0v) is 5.73. The molecule has 3 nitrogen and oxygen atoms in total. The van der Waals surface area contributed by atoms with Crippen LogP contribution >= 0.6 is 12.2 Å². The summed E-state index contributed by atoms with van der Waals surface area (Å²) in [6.07, 6.45) is 3.17. The van der Waals surface area contributed by atoms with Gasteiger partial charge in [-0.15, -0.1) is 0 Å². The van der Waals surface area contributed by atoms with Crippen molar-refractivity contribution >= 4 is 17.3 Å². The SMILES string of the molecule is COC(=S)c1cnc[nH]1. The van der Waals surface area contributed by atoms with Crippen LogP contribution in [0.2, 0.25) is 0 Å². The van der Waals surface area contributed by atoms with E-state index in [1.165, 1.54) is 7.11 Å². The molecule has 1 heterocycles. The molecule has 0 aliphatic heterocycles. The lowest BCUT2D eigenvalue weighted by Gasteiger charge is -1.94. The Kier molecular flexibility index (Phi) is 1.79. The van der Waals surface area contributed by atoms with Gasteiger partial charge in [-0.2, -0.15) is 0 Å². The average molecular weight is 142 g/mol. The Morgan fingerprint density at radius 1 is 1.89 bits per heavy atom. The van der Waals surface area contributed by atoms with Crippen molar-refractivity contribution in [2.75, 3.05) is 7.11 Å². The molecule has 0 saturated carbocycles. The molecule has 1 N–H and O–H groups in total. The minimum absolute atomic E-state index is 0.438. The third-order valence-corrected chi connectivity index (χ3v) is 1.29. The molecule has 9 heavy (non-hydrogen) atoms. The number of aromatic nitrogens is 2. The number of hydrogen-bond donors (Lipinski definition) is 1.